The summed E-state index contributed by atoms with van der Waals surface area (Å²) in [6, 6.07) is -0.486. The second kappa shape index (κ2) is 23.6. The van der Waals surface area contributed by atoms with Crippen molar-refractivity contribution in [2.24, 2.45) is 22.4 Å². The lowest BCUT2D eigenvalue weighted by molar-refractivity contribution is -0.138. The first-order chi connectivity index (χ1) is 22.4. The molecule has 0 fully saturated rings. The number of nitrogens with zero attached hydrogens (tertiary/aromatic N) is 4. The van der Waals surface area contributed by atoms with E-state index in [9.17, 15) is 28.8 Å². The number of unbranched alkanes of at least 4 members (excludes halogenated alkanes) is 1. The summed E-state index contributed by atoms with van der Waals surface area (Å²) in [5, 5.41) is 9.02. The zero-order valence-corrected chi connectivity index (χ0v) is 30.7. The van der Waals surface area contributed by atoms with Crippen LogP contribution in [-0.2, 0) is 28.8 Å². The van der Waals surface area contributed by atoms with Crippen LogP contribution in [0.15, 0.2) is 4.99 Å². The molecule has 276 valence electrons. The Morgan fingerprint density at radius 3 is 1.75 bits per heavy atom. The van der Waals surface area contributed by atoms with Crippen molar-refractivity contribution < 1.29 is 28.8 Å². The number of hydrogen-bond donors (Lipinski definition) is 5. The Balaban J connectivity index is 5.49. The highest BCUT2D eigenvalue weighted by atomic mass is 16.2. The molecule has 5 amide bonds. The molecule has 0 aliphatic heterocycles. The number of hydrogen-bond acceptors (Lipinski definition) is 8. The largest absolute Gasteiger partial charge is 0.370 e. The van der Waals surface area contributed by atoms with Gasteiger partial charge in [-0.05, 0) is 40.0 Å². The fourth-order valence-electron chi connectivity index (χ4n) is 4.64. The number of nitrogens with one attached hydrogen (secondary N) is 3. The maximum atomic E-state index is 13.3. The smallest absolute Gasteiger partial charge is 0.239 e. The Labute approximate surface area is 287 Å². The normalized spacial score (nSPS) is 11.8. The van der Waals surface area contributed by atoms with Gasteiger partial charge in [0.1, 0.15) is 0 Å². The van der Waals surface area contributed by atoms with Crippen LogP contribution in [0.25, 0.3) is 0 Å². The Hall–Kier alpha value is -3.75. The van der Waals surface area contributed by atoms with Gasteiger partial charge in [-0.25, -0.2) is 0 Å². The zero-order chi connectivity index (χ0) is 36.9. The molecule has 0 heterocycles. The van der Waals surface area contributed by atoms with E-state index >= 15 is 0 Å². The third-order valence-electron chi connectivity index (χ3n) is 7.43. The molecule has 0 rings (SSSR count). The fourth-order valence-corrected chi connectivity index (χ4v) is 4.64. The quantitative estimate of drug-likeness (QED) is 0.0540. The number of carbonyl (C=O) groups is 6. The molecular weight excluding hydrogens is 618 g/mol. The molecule has 0 aromatic carbocycles. The monoisotopic (exact) mass is 681 g/mol. The molecule has 0 saturated carbocycles. The van der Waals surface area contributed by atoms with Gasteiger partial charge in [0.05, 0.1) is 19.6 Å². The number of aliphatic imine (C=N–C) groups is 1. The number of guanidine groups is 1. The molecule has 15 nitrogen and oxygen atoms in total. The molecule has 15 heteroatoms. The van der Waals surface area contributed by atoms with Gasteiger partial charge < -0.3 is 42.1 Å². The topological polar surface area (TPSA) is 213 Å². The van der Waals surface area contributed by atoms with E-state index in [-0.39, 0.29) is 105 Å². The average Bonchev–Trinajstić information content (AvgIpc) is 3.00. The highest BCUT2D eigenvalue weighted by Crippen LogP contribution is 2.08. The van der Waals surface area contributed by atoms with Crippen LogP contribution in [0, 0.1) is 5.92 Å². The Kier molecular flexibility index (Phi) is 21.7. The van der Waals surface area contributed by atoms with E-state index in [1.807, 2.05) is 20.8 Å². The van der Waals surface area contributed by atoms with Crippen LogP contribution in [0.3, 0.4) is 0 Å². The number of nitrogens with two attached hydrogens (primary N) is 2. The van der Waals surface area contributed by atoms with E-state index in [1.165, 1.54) is 14.7 Å². The fraction of sp³-hybridized carbons (Fsp3) is 0.788. The molecule has 0 saturated heterocycles. The van der Waals surface area contributed by atoms with Crippen LogP contribution >= 0.6 is 0 Å². The first-order valence-electron chi connectivity index (χ1n) is 17.2. The third-order valence-corrected chi connectivity index (χ3v) is 7.43. The molecule has 1 atom stereocenters. The van der Waals surface area contributed by atoms with E-state index in [4.69, 9.17) is 11.5 Å². The first kappa shape index (κ1) is 44.2. The van der Waals surface area contributed by atoms with Crippen molar-refractivity contribution in [3.8, 4) is 0 Å². The van der Waals surface area contributed by atoms with Gasteiger partial charge in [0.25, 0.3) is 0 Å². The van der Waals surface area contributed by atoms with Crippen molar-refractivity contribution >= 4 is 41.3 Å². The van der Waals surface area contributed by atoms with Crippen molar-refractivity contribution in [1.82, 2.24) is 30.7 Å². The standard InChI is InChI=1S/C33H63N9O6/c1-9-29(46)40(18-16-36-27(44)22-41(30(47)10-2)19-17-38-33(6,7)8)23-28(45)39-25(14-12-13-15-37-32(34)35)20-42(31(48)11-3)21-26(43)24(4)5/h24-25,38H,9-23H2,1-8H3,(H,36,44)(H,39,45)(H4,34,35,37)/t25-/m0/s1. The number of rotatable bonds is 24. The van der Waals surface area contributed by atoms with Crippen LogP contribution in [0.4, 0.5) is 0 Å². The van der Waals surface area contributed by atoms with Crippen molar-refractivity contribution in [1.29, 1.82) is 0 Å². The van der Waals surface area contributed by atoms with Crippen molar-refractivity contribution in [3.05, 3.63) is 0 Å². The molecule has 0 unspecified atom stereocenters. The average molecular weight is 682 g/mol. The van der Waals surface area contributed by atoms with Gasteiger partial charge in [-0.1, -0.05) is 34.6 Å². The van der Waals surface area contributed by atoms with Gasteiger partial charge in [0.2, 0.25) is 29.5 Å². The lowest BCUT2D eigenvalue weighted by atomic mass is 10.1. The zero-order valence-electron chi connectivity index (χ0n) is 30.7. The summed E-state index contributed by atoms with van der Waals surface area (Å²) < 4.78 is 0. The molecule has 0 aromatic rings. The van der Waals surface area contributed by atoms with Gasteiger partial charge >= 0.3 is 0 Å². The minimum Gasteiger partial charge on any atom is -0.370 e. The van der Waals surface area contributed by atoms with Crippen LogP contribution in [0.1, 0.15) is 93.9 Å². The number of ketones is 1. The summed E-state index contributed by atoms with van der Waals surface area (Å²) in [4.78, 5) is 84.7. The Morgan fingerprint density at radius 1 is 0.729 bits per heavy atom. The molecule has 0 aliphatic rings. The highest BCUT2D eigenvalue weighted by molar-refractivity contribution is 5.88. The summed E-state index contributed by atoms with van der Waals surface area (Å²) in [7, 11) is 0. The molecule has 0 spiro atoms. The predicted octanol–water partition coefficient (Wildman–Crippen LogP) is 0.360. The number of amides is 5. The van der Waals surface area contributed by atoms with Crippen LogP contribution in [0.5, 0.6) is 0 Å². The Bertz CT molecular complexity index is 1070. The van der Waals surface area contributed by atoms with Crippen molar-refractivity contribution in [3.63, 3.8) is 0 Å². The van der Waals surface area contributed by atoms with E-state index < -0.39 is 11.9 Å². The second-order valence-corrected chi connectivity index (χ2v) is 13.2. The molecular formula is C33H63N9O6. The maximum Gasteiger partial charge on any atom is 0.239 e. The van der Waals surface area contributed by atoms with E-state index in [2.05, 4.69) is 20.9 Å². The molecule has 0 bridgehead atoms. The van der Waals surface area contributed by atoms with Gasteiger partial charge in [0.15, 0.2) is 11.7 Å². The van der Waals surface area contributed by atoms with Gasteiger partial charge in [-0.2, -0.15) is 0 Å². The molecule has 0 aromatic heterocycles. The minimum absolute atomic E-state index is 0.0104. The lowest BCUT2D eigenvalue weighted by Crippen LogP contribution is -2.51. The summed E-state index contributed by atoms with van der Waals surface area (Å²) in [6.45, 7) is 16.0. The maximum absolute atomic E-state index is 13.3. The SMILES string of the molecule is CCC(=O)N(CCNC(C)(C)C)CC(=O)NCCN(CC(=O)N[C@@H](CCCCN=C(N)N)CN(CC(=O)C(C)C)C(=O)CC)C(=O)CC. The predicted molar refractivity (Wildman–Crippen MR) is 188 cm³/mol. The molecule has 0 aliphatic carbocycles. The second-order valence-electron chi connectivity index (χ2n) is 13.2. The van der Waals surface area contributed by atoms with Gasteiger partial charge in [-0.3, -0.25) is 33.8 Å². The number of carbonyl (C=O) groups excluding carboxylic acids is 6. The minimum atomic E-state index is -0.486. The van der Waals surface area contributed by atoms with Crippen LogP contribution in [0.2, 0.25) is 0 Å². The molecule has 48 heavy (non-hydrogen) atoms. The van der Waals surface area contributed by atoms with Crippen molar-refractivity contribution in [2.75, 3.05) is 58.9 Å². The number of Topliss-reactive ketones (excluding diaryl/α,β-unsaturated/α-hetero) is 1. The molecule has 7 N–H and O–H groups in total. The van der Waals surface area contributed by atoms with Crippen LogP contribution < -0.4 is 27.4 Å². The highest BCUT2D eigenvalue weighted by Gasteiger charge is 2.24. The van der Waals surface area contributed by atoms with E-state index in [0.717, 1.165) is 0 Å². The Morgan fingerprint density at radius 2 is 1.25 bits per heavy atom. The van der Waals surface area contributed by atoms with Crippen molar-refractivity contribution in [2.45, 2.75) is 105 Å². The van der Waals surface area contributed by atoms with Crippen LogP contribution in [-0.4, -0.2) is 126 Å². The summed E-state index contributed by atoms with van der Waals surface area (Å²) in [5.74, 6) is -1.75. The van der Waals surface area contributed by atoms with E-state index in [1.54, 1.807) is 34.6 Å². The summed E-state index contributed by atoms with van der Waals surface area (Å²) in [5.41, 5.74) is 10.7. The lowest BCUT2D eigenvalue weighted by Gasteiger charge is -2.29. The first-order valence-corrected chi connectivity index (χ1v) is 17.2. The van der Waals surface area contributed by atoms with Gasteiger partial charge in [0, 0.05) is 76.0 Å². The molecule has 0 radical (unpaired) electrons. The van der Waals surface area contributed by atoms with E-state index in [0.29, 0.717) is 38.9 Å². The third kappa shape index (κ3) is 20.5. The van der Waals surface area contributed by atoms with Gasteiger partial charge in [-0.15, -0.1) is 0 Å². The summed E-state index contributed by atoms with van der Waals surface area (Å²) in [6.07, 6.45) is 2.41. The summed E-state index contributed by atoms with van der Waals surface area (Å²) >= 11 is 0.